The third kappa shape index (κ3) is 12.5. The van der Waals surface area contributed by atoms with Gasteiger partial charge in [0.15, 0.2) is 5.96 Å². The van der Waals surface area contributed by atoms with E-state index < -0.39 is 0 Å². The highest BCUT2D eigenvalue weighted by Crippen LogP contribution is 2.28. The van der Waals surface area contributed by atoms with E-state index in [4.69, 9.17) is 4.74 Å². The topological polar surface area (TPSA) is 74.8 Å². The van der Waals surface area contributed by atoms with Crippen molar-refractivity contribution >= 4 is 35.8 Å². The van der Waals surface area contributed by atoms with Crippen molar-refractivity contribution in [2.24, 2.45) is 10.9 Å². The van der Waals surface area contributed by atoms with Crippen LogP contribution in [-0.4, -0.2) is 51.3 Å². The highest BCUT2D eigenvalue weighted by Gasteiger charge is 2.28. The molecule has 0 atom stereocenters. The quantitative estimate of drug-likeness (QED) is 0.188. The first-order valence-electron chi connectivity index (χ1n) is 8.65. The molecule has 0 aromatic carbocycles. The van der Waals surface area contributed by atoms with Crippen molar-refractivity contribution < 1.29 is 9.53 Å². The number of nitrogens with zero attached hydrogens (tertiary/aromatic N) is 1. The van der Waals surface area contributed by atoms with E-state index in [9.17, 15) is 4.79 Å². The number of guanidine groups is 1. The number of aliphatic imine (C=N–C) groups is 1. The van der Waals surface area contributed by atoms with Crippen molar-refractivity contribution in [2.75, 3.05) is 39.4 Å². The number of ether oxygens (including phenoxy) is 1. The van der Waals surface area contributed by atoms with Gasteiger partial charge >= 0.3 is 0 Å². The maximum absolute atomic E-state index is 11.5. The van der Waals surface area contributed by atoms with Crippen LogP contribution in [0.3, 0.4) is 0 Å². The molecule has 3 N–H and O–H groups in total. The molecule has 1 saturated carbocycles. The molecule has 0 spiro atoms. The van der Waals surface area contributed by atoms with Gasteiger partial charge in [-0.25, -0.2) is 0 Å². The van der Waals surface area contributed by atoms with Gasteiger partial charge in [0, 0.05) is 45.3 Å². The lowest BCUT2D eigenvalue weighted by molar-refractivity contribution is -0.122. The average molecular weight is 440 g/mol. The molecule has 0 aliphatic heterocycles. The Morgan fingerprint density at radius 1 is 1.09 bits per heavy atom. The highest BCUT2D eigenvalue weighted by molar-refractivity contribution is 14.0. The van der Waals surface area contributed by atoms with Crippen molar-refractivity contribution in [3.05, 3.63) is 0 Å². The van der Waals surface area contributed by atoms with Gasteiger partial charge in [-0.05, 0) is 32.6 Å². The van der Waals surface area contributed by atoms with Gasteiger partial charge in [-0.15, -0.1) is 24.0 Å². The average Bonchev–Trinajstić information content (AvgIpc) is 3.35. The molecule has 0 aromatic heterocycles. The maximum atomic E-state index is 11.5. The monoisotopic (exact) mass is 440 g/mol. The molecule has 1 rings (SSSR count). The van der Waals surface area contributed by atoms with E-state index in [1.54, 1.807) is 0 Å². The van der Waals surface area contributed by atoms with Crippen LogP contribution in [-0.2, 0) is 9.53 Å². The van der Waals surface area contributed by atoms with E-state index in [1.165, 1.54) is 6.42 Å². The standard InChI is InChI=1S/C16H32N4O2.HI/c1-3-5-12-22-13-6-9-19-16(17-4-2)20-11-10-18-15(21)14-7-8-14;/h14H,3-13H2,1-2H3,(H,18,21)(H2,17,19,20);1H. The molecule has 1 aliphatic rings. The lowest BCUT2D eigenvalue weighted by atomic mass is 10.4. The van der Waals surface area contributed by atoms with Gasteiger partial charge in [0.25, 0.3) is 0 Å². The number of carbonyl (C=O) groups excluding carboxylic acids is 1. The second kappa shape index (κ2) is 15.0. The van der Waals surface area contributed by atoms with Crippen LogP contribution in [0.2, 0.25) is 0 Å². The predicted octanol–water partition coefficient (Wildman–Crippen LogP) is 1.89. The molecule has 0 saturated heterocycles. The van der Waals surface area contributed by atoms with E-state index in [1.807, 2.05) is 6.92 Å². The fourth-order valence-electron chi connectivity index (χ4n) is 1.90. The molecule has 0 heterocycles. The minimum atomic E-state index is 0. The molecule has 0 unspecified atom stereocenters. The van der Waals surface area contributed by atoms with E-state index in [-0.39, 0.29) is 35.8 Å². The van der Waals surface area contributed by atoms with Crippen molar-refractivity contribution in [1.82, 2.24) is 16.0 Å². The fourth-order valence-corrected chi connectivity index (χ4v) is 1.90. The molecule has 23 heavy (non-hydrogen) atoms. The van der Waals surface area contributed by atoms with E-state index in [2.05, 4.69) is 27.9 Å². The zero-order valence-electron chi connectivity index (χ0n) is 14.5. The zero-order chi connectivity index (χ0) is 16.0. The summed E-state index contributed by atoms with van der Waals surface area (Å²) < 4.78 is 5.51. The maximum Gasteiger partial charge on any atom is 0.223 e. The Morgan fingerprint density at radius 2 is 1.78 bits per heavy atom. The van der Waals surface area contributed by atoms with Gasteiger partial charge < -0.3 is 20.7 Å². The first-order valence-corrected chi connectivity index (χ1v) is 8.65. The molecule has 1 amide bonds. The summed E-state index contributed by atoms with van der Waals surface area (Å²) in [6, 6.07) is 0. The van der Waals surface area contributed by atoms with Crippen molar-refractivity contribution in [3.63, 3.8) is 0 Å². The lowest BCUT2D eigenvalue weighted by Gasteiger charge is -2.11. The fraction of sp³-hybridized carbons (Fsp3) is 0.875. The number of unbranched alkanes of at least 4 members (excludes halogenated alkanes) is 1. The highest BCUT2D eigenvalue weighted by atomic mass is 127. The zero-order valence-corrected chi connectivity index (χ0v) is 16.9. The number of hydrogen-bond donors (Lipinski definition) is 3. The van der Waals surface area contributed by atoms with E-state index in [0.29, 0.717) is 13.1 Å². The molecule has 136 valence electrons. The summed E-state index contributed by atoms with van der Waals surface area (Å²) in [5.74, 6) is 1.26. The Kier molecular flexibility index (Phi) is 14.6. The van der Waals surface area contributed by atoms with Crippen molar-refractivity contribution in [2.45, 2.75) is 46.0 Å². The van der Waals surface area contributed by atoms with Crippen LogP contribution in [0.25, 0.3) is 0 Å². The van der Waals surface area contributed by atoms with Crippen LogP contribution in [0, 0.1) is 5.92 Å². The summed E-state index contributed by atoms with van der Waals surface area (Å²) in [5.41, 5.74) is 0. The Morgan fingerprint density at radius 3 is 2.43 bits per heavy atom. The SMILES string of the molecule is CCCCOCCCN=C(NCC)NCCNC(=O)C1CC1.I. The third-order valence-electron chi connectivity index (χ3n) is 3.37. The molecule has 0 radical (unpaired) electrons. The van der Waals surface area contributed by atoms with Gasteiger partial charge in [0.1, 0.15) is 0 Å². The first-order chi connectivity index (χ1) is 10.8. The molecular formula is C16H33IN4O2. The largest absolute Gasteiger partial charge is 0.381 e. The molecule has 1 fully saturated rings. The third-order valence-corrected chi connectivity index (χ3v) is 3.37. The molecule has 0 aromatic rings. The van der Waals surface area contributed by atoms with Crippen LogP contribution in [0.4, 0.5) is 0 Å². The first kappa shape index (κ1) is 22.4. The molecule has 0 bridgehead atoms. The van der Waals surface area contributed by atoms with Gasteiger partial charge in [-0.2, -0.15) is 0 Å². The number of rotatable bonds is 12. The number of carbonyl (C=O) groups is 1. The molecule has 6 nitrogen and oxygen atoms in total. The van der Waals surface area contributed by atoms with Gasteiger partial charge in [0.05, 0.1) is 0 Å². The summed E-state index contributed by atoms with van der Waals surface area (Å²) >= 11 is 0. The Balaban J connectivity index is 0.00000484. The van der Waals surface area contributed by atoms with E-state index >= 15 is 0 Å². The number of amides is 1. The molecular weight excluding hydrogens is 407 g/mol. The molecule has 1 aliphatic carbocycles. The van der Waals surface area contributed by atoms with Crippen LogP contribution in [0.15, 0.2) is 4.99 Å². The summed E-state index contributed by atoms with van der Waals surface area (Å²) in [6.07, 6.45) is 5.32. The van der Waals surface area contributed by atoms with E-state index in [0.717, 1.165) is 57.9 Å². The van der Waals surface area contributed by atoms with Crippen molar-refractivity contribution in [1.29, 1.82) is 0 Å². The summed E-state index contributed by atoms with van der Waals surface area (Å²) in [7, 11) is 0. The van der Waals surface area contributed by atoms with Crippen LogP contribution in [0.5, 0.6) is 0 Å². The second-order valence-electron chi connectivity index (χ2n) is 5.57. The van der Waals surface area contributed by atoms with Crippen LogP contribution in [0.1, 0.15) is 46.0 Å². The van der Waals surface area contributed by atoms with Crippen molar-refractivity contribution in [3.8, 4) is 0 Å². The van der Waals surface area contributed by atoms with Crippen LogP contribution < -0.4 is 16.0 Å². The predicted molar refractivity (Wildman–Crippen MR) is 105 cm³/mol. The van der Waals surface area contributed by atoms with Gasteiger partial charge in [-0.1, -0.05) is 13.3 Å². The van der Waals surface area contributed by atoms with Crippen LogP contribution >= 0.6 is 24.0 Å². The molecule has 7 heteroatoms. The Bertz CT molecular complexity index is 336. The summed E-state index contributed by atoms with van der Waals surface area (Å²) in [6.45, 7) is 8.72. The lowest BCUT2D eigenvalue weighted by Crippen LogP contribution is -2.41. The number of hydrogen-bond acceptors (Lipinski definition) is 3. The number of halogens is 1. The summed E-state index contributed by atoms with van der Waals surface area (Å²) in [4.78, 5) is 16.0. The smallest absolute Gasteiger partial charge is 0.223 e. The van der Waals surface area contributed by atoms with Gasteiger partial charge in [0.2, 0.25) is 5.91 Å². The normalized spacial score (nSPS) is 14.1. The van der Waals surface area contributed by atoms with Gasteiger partial charge in [-0.3, -0.25) is 9.79 Å². The Hall–Kier alpha value is -0.570. The Labute approximate surface area is 157 Å². The summed E-state index contributed by atoms with van der Waals surface area (Å²) in [5, 5.41) is 9.37. The second-order valence-corrected chi connectivity index (χ2v) is 5.57. The number of nitrogens with one attached hydrogen (secondary N) is 3. The minimum Gasteiger partial charge on any atom is -0.381 e. The minimum absolute atomic E-state index is 0.